The van der Waals surface area contributed by atoms with Crippen LogP contribution in [0.5, 0.6) is 5.75 Å². The summed E-state index contributed by atoms with van der Waals surface area (Å²) in [6.45, 7) is 4.23. The molecule has 1 aliphatic rings. The second-order valence-corrected chi connectivity index (χ2v) is 10.0. The molecule has 0 saturated heterocycles. The van der Waals surface area contributed by atoms with Crippen LogP contribution in [0.4, 0.5) is 5.82 Å². The molecule has 1 aromatic heterocycles. The van der Waals surface area contributed by atoms with E-state index < -0.39 is 11.9 Å². The highest BCUT2D eigenvalue weighted by molar-refractivity contribution is 7.98. The van der Waals surface area contributed by atoms with E-state index in [9.17, 15) is 9.59 Å². The molecule has 2 heterocycles. The number of hydrogen-bond acceptors (Lipinski definition) is 7. The molecule has 0 saturated carbocycles. The first-order chi connectivity index (χ1) is 19.0. The number of ether oxygens (including phenoxy) is 2. The van der Waals surface area contributed by atoms with Crippen molar-refractivity contribution in [1.29, 1.82) is 0 Å². The Balaban J connectivity index is 1.46. The Hall–Kier alpha value is -4.30. The van der Waals surface area contributed by atoms with E-state index in [-0.39, 0.29) is 12.2 Å². The molecule has 4 aromatic rings. The van der Waals surface area contributed by atoms with Crippen molar-refractivity contribution in [2.75, 3.05) is 11.9 Å². The van der Waals surface area contributed by atoms with Crippen molar-refractivity contribution in [1.82, 2.24) is 9.97 Å². The summed E-state index contributed by atoms with van der Waals surface area (Å²) in [5, 5.41) is 3.69. The van der Waals surface area contributed by atoms with Crippen molar-refractivity contribution in [2.45, 2.75) is 37.3 Å². The lowest BCUT2D eigenvalue weighted by molar-refractivity contribution is -0.138. The number of H-pyrrole nitrogens is 1. The monoisotopic (exact) mass is 539 g/mol. The minimum absolute atomic E-state index is 0.227. The van der Waals surface area contributed by atoms with Crippen LogP contribution in [-0.2, 0) is 21.9 Å². The highest BCUT2D eigenvalue weighted by Crippen LogP contribution is 2.40. The summed E-state index contributed by atoms with van der Waals surface area (Å²) in [5.74, 6) is 0.681. The van der Waals surface area contributed by atoms with Crippen LogP contribution < -0.4 is 15.6 Å². The summed E-state index contributed by atoms with van der Waals surface area (Å²) in [6.07, 6.45) is 0. The van der Waals surface area contributed by atoms with E-state index in [2.05, 4.69) is 10.3 Å². The van der Waals surface area contributed by atoms with Crippen LogP contribution >= 0.6 is 11.8 Å². The molecule has 0 fully saturated rings. The van der Waals surface area contributed by atoms with Crippen LogP contribution in [0.1, 0.15) is 42.0 Å². The Bertz CT molecular complexity index is 1530. The third-order valence-electron chi connectivity index (χ3n) is 6.40. The van der Waals surface area contributed by atoms with Crippen LogP contribution in [0.3, 0.4) is 0 Å². The van der Waals surface area contributed by atoms with E-state index in [1.165, 1.54) is 11.8 Å². The van der Waals surface area contributed by atoms with Gasteiger partial charge in [-0.3, -0.25) is 4.79 Å². The molecule has 1 atom stereocenters. The van der Waals surface area contributed by atoms with Crippen molar-refractivity contribution >= 4 is 23.5 Å². The summed E-state index contributed by atoms with van der Waals surface area (Å²) in [5.41, 5.74) is 4.04. The number of anilines is 1. The second kappa shape index (κ2) is 12.0. The Labute approximate surface area is 231 Å². The number of rotatable bonds is 9. The van der Waals surface area contributed by atoms with E-state index >= 15 is 0 Å². The van der Waals surface area contributed by atoms with E-state index in [1.54, 1.807) is 13.8 Å². The maximum atomic E-state index is 13.5. The van der Waals surface area contributed by atoms with Crippen LogP contribution in [-0.4, -0.2) is 22.5 Å². The fourth-order valence-electron chi connectivity index (χ4n) is 4.54. The number of thioether (sulfide) groups is 1. The molecule has 0 aliphatic carbocycles. The second-order valence-electron chi connectivity index (χ2n) is 9.07. The lowest BCUT2D eigenvalue weighted by Gasteiger charge is -2.29. The molecular formula is C31H29N3O4S. The summed E-state index contributed by atoms with van der Waals surface area (Å²) in [7, 11) is 0. The number of nitrogens with one attached hydrogen (secondary N) is 2. The number of fused-ring (bicyclic) bond motifs is 1. The normalized spacial score (nSPS) is 14.4. The molecular weight excluding hydrogens is 510 g/mol. The first kappa shape index (κ1) is 26.3. The first-order valence-corrected chi connectivity index (χ1v) is 13.7. The predicted octanol–water partition coefficient (Wildman–Crippen LogP) is 6.04. The third kappa shape index (κ3) is 6.07. The smallest absolute Gasteiger partial charge is 0.336 e. The molecule has 2 N–H and O–H groups in total. The Morgan fingerprint density at radius 3 is 2.28 bits per heavy atom. The third-order valence-corrected chi connectivity index (χ3v) is 7.34. The van der Waals surface area contributed by atoms with Gasteiger partial charge in [0.25, 0.3) is 5.56 Å². The number of esters is 1. The van der Waals surface area contributed by atoms with Gasteiger partial charge in [0.1, 0.15) is 18.2 Å². The fraction of sp³-hybridized carbons (Fsp3) is 0.194. The predicted molar refractivity (Wildman–Crippen MR) is 153 cm³/mol. The van der Waals surface area contributed by atoms with Gasteiger partial charge >= 0.3 is 5.97 Å². The number of hydrogen-bond donors (Lipinski definition) is 2. The number of carbonyl (C=O) groups excluding carboxylic acids is 1. The maximum absolute atomic E-state index is 13.5. The van der Waals surface area contributed by atoms with Crippen molar-refractivity contribution in [3.05, 3.63) is 129 Å². The standard InChI is InChI=1S/C31H29N3O4S/c1-3-37-30(36)25-20(2)32-28-27(29(35)34-31(33-28)39-19-22-12-8-5-9-13-22)26(25)23-14-16-24(17-15-23)38-18-21-10-6-4-7-11-21/h4-17,26H,3,18-19H2,1-2H3,(H2,32,33,34,35). The quantitative estimate of drug-likeness (QED) is 0.152. The Morgan fingerprint density at radius 1 is 0.949 bits per heavy atom. The minimum atomic E-state index is -0.645. The van der Waals surface area contributed by atoms with Crippen LogP contribution in [0, 0.1) is 0 Å². The van der Waals surface area contributed by atoms with Crippen molar-refractivity contribution < 1.29 is 14.3 Å². The zero-order valence-corrected chi connectivity index (χ0v) is 22.6. The summed E-state index contributed by atoms with van der Waals surface area (Å²) >= 11 is 1.45. The van der Waals surface area contributed by atoms with Gasteiger partial charge in [-0.1, -0.05) is 84.6 Å². The molecule has 1 unspecified atom stereocenters. The zero-order chi connectivity index (χ0) is 27.2. The van der Waals surface area contributed by atoms with Crippen LogP contribution in [0.25, 0.3) is 0 Å². The van der Waals surface area contributed by atoms with Gasteiger partial charge in [0.05, 0.1) is 23.7 Å². The number of nitrogens with zero attached hydrogens (tertiary/aromatic N) is 1. The van der Waals surface area contributed by atoms with E-state index in [4.69, 9.17) is 14.5 Å². The summed E-state index contributed by atoms with van der Waals surface area (Å²) in [6, 6.07) is 27.4. The number of carbonyl (C=O) groups is 1. The number of aromatic amines is 1. The van der Waals surface area contributed by atoms with Crippen molar-refractivity contribution in [2.24, 2.45) is 0 Å². The molecule has 0 amide bonds. The highest BCUT2D eigenvalue weighted by Gasteiger charge is 2.36. The van der Waals surface area contributed by atoms with E-state index in [0.717, 1.165) is 16.7 Å². The molecule has 39 heavy (non-hydrogen) atoms. The number of aromatic nitrogens is 2. The lowest BCUT2D eigenvalue weighted by atomic mass is 9.82. The average molecular weight is 540 g/mol. The molecule has 198 valence electrons. The molecule has 0 bridgehead atoms. The molecule has 7 nitrogen and oxygen atoms in total. The van der Waals surface area contributed by atoms with Gasteiger partial charge in [-0.25, -0.2) is 9.78 Å². The highest BCUT2D eigenvalue weighted by atomic mass is 32.2. The van der Waals surface area contributed by atoms with Gasteiger partial charge in [-0.05, 0) is 42.7 Å². The largest absolute Gasteiger partial charge is 0.489 e. The van der Waals surface area contributed by atoms with Gasteiger partial charge in [-0.15, -0.1) is 0 Å². The van der Waals surface area contributed by atoms with E-state index in [0.29, 0.717) is 45.9 Å². The summed E-state index contributed by atoms with van der Waals surface area (Å²) in [4.78, 5) is 34.2. The molecule has 3 aromatic carbocycles. The molecule has 0 radical (unpaired) electrons. The van der Waals surface area contributed by atoms with E-state index in [1.807, 2.05) is 84.9 Å². The SMILES string of the molecule is CCOC(=O)C1=C(C)Nc2nc(SCc3ccccc3)[nH]c(=O)c2C1c1ccc(OCc2ccccc2)cc1. The van der Waals surface area contributed by atoms with Gasteiger partial charge in [0.2, 0.25) is 0 Å². The Morgan fingerprint density at radius 2 is 1.62 bits per heavy atom. The van der Waals surface area contributed by atoms with Gasteiger partial charge in [0, 0.05) is 11.4 Å². The minimum Gasteiger partial charge on any atom is -0.489 e. The van der Waals surface area contributed by atoms with Gasteiger partial charge in [-0.2, -0.15) is 0 Å². The maximum Gasteiger partial charge on any atom is 0.336 e. The first-order valence-electron chi connectivity index (χ1n) is 12.8. The molecule has 0 spiro atoms. The van der Waals surface area contributed by atoms with Gasteiger partial charge < -0.3 is 19.8 Å². The zero-order valence-electron chi connectivity index (χ0n) is 21.8. The molecule has 8 heteroatoms. The van der Waals surface area contributed by atoms with Gasteiger partial charge in [0.15, 0.2) is 5.16 Å². The molecule has 5 rings (SSSR count). The van der Waals surface area contributed by atoms with Crippen molar-refractivity contribution in [3.63, 3.8) is 0 Å². The van der Waals surface area contributed by atoms with Crippen molar-refractivity contribution in [3.8, 4) is 5.75 Å². The fourth-order valence-corrected chi connectivity index (χ4v) is 5.35. The Kier molecular flexibility index (Phi) is 8.13. The lowest BCUT2D eigenvalue weighted by Crippen LogP contribution is -2.31. The topological polar surface area (TPSA) is 93.3 Å². The summed E-state index contributed by atoms with van der Waals surface area (Å²) < 4.78 is 11.3. The van der Waals surface area contributed by atoms with Crippen LogP contribution in [0.15, 0.2) is 106 Å². The average Bonchev–Trinajstić information content (AvgIpc) is 2.96. The number of allylic oxidation sites excluding steroid dienone is 1. The molecule has 1 aliphatic heterocycles. The number of benzene rings is 3. The van der Waals surface area contributed by atoms with Crippen LogP contribution in [0.2, 0.25) is 0 Å².